The van der Waals surface area contributed by atoms with Crippen LogP contribution in [0.5, 0.6) is 0 Å². The minimum absolute atomic E-state index is 0.0366. The van der Waals surface area contributed by atoms with Crippen LogP contribution in [0.3, 0.4) is 0 Å². The van der Waals surface area contributed by atoms with Crippen molar-refractivity contribution in [3.8, 4) is 11.3 Å². The predicted octanol–water partition coefficient (Wildman–Crippen LogP) is 2.12. The first kappa shape index (κ1) is 37.5. The number of hydrogen-bond donors (Lipinski definition) is 2. The third kappa shape index (κ3) is 8.85. The van der Waals surface area contributed by atoms with Gasteiger partial charge in [0.1, 0.15) is 0 Å². The van der Waals surface area contributed by atoms with E-state index in [0.29, 0.717) is 68.2 Å². The summed E-state index contributed by atoms with van der Waals surface area (Å²) in [4.78, 5) is 18.5. The van der Waals surface area contributed by atoms with Gasteiger partial charge in [-0.25, -0.2) is 8.42 Å². The van der Waals surface area contributed by atoms with Crippen LogP contribution >= 0.6 is 11.8 Å². The summed E-state index contributed by atoms with van der Waals surface area (Å²) < 4.78 is 76.1. The second-order valence-electron chi connectivity index (χ2n) is 13.7. The molecule has 0 radical (unpaired) electrons. The topological polar surface area (TPSA) is 132 Å². The lowest BCUT2D eigenvalue weighted by Gasteiger charge is -2.37. The molecule has 0 bridgehead atoms. The fourth-order valence-corrected chi connectivity index (χ4v) is 9.46. The first-order chi connectivity index (χ1) is 23.8. The van der Waals surface area contributed by atoms with Crippen molar-refractivity contribution in [2.45, 2.75) is 74.5 Å². The number of thioether (sulfide) groups is 1. The lowest BCUT2D eigenvalue weighted by atomic mass is 10.0. The Hall–Kier alpha value is -2.25. The summed E-state index contributed by atoms with van der Waals surface area (Å²) in [7, 11) is -3.54. The van der Waals surface area contributed by atoms with E-state index >= 15 is 0 Å². The largest absolute Gasteiger partial charge is 0.417 e. The maximum absolute atomic E-state index is 14.2. The smallest absolute Gasteiger partial charge is 0.394 e. The number of amides is 1. The molecule has 0 unspecified atom stereocenters. The Kier molecular flexibility index (Phi) is 11.8. The molecular weight excluding hydrogens is 698 g/mol. The predicted molar refractivity (Wildman–Crippen MR) is 182 cm³/mol. The highest BCUT2D eigenvalue weighted by atomic mass is 32.2. The van der Waals surface area contributed by atoms with Crippen molar-refractivity contribution in [1.82, 2.24) is 28.8 Å². The first-order valence-corrected chi connectivity index (χ1v) is 20.2. The van der Waals surface area contributed by atoms with Crippen molar-refractivity contribution >= 4 is 27.7 Å². The third-order valence-corrected chi connectivity index (χ3v) is 12.5. The maximum atomic E-state index is 14.2. The van der Waals surface area contributed by atoms with E-state index < -0.39 is 27.9 Å². The summed E-state index contributed by atoms with van der Waals surface area (Å²) in [6.07, 6.45) is -0.948. The molecule has 0 spiro atoms. The van der Waals surface area contributed by atoms with Crippen LogP contribution in [0.1, 0.15) is 42.5 Å². The molecule has 0 saturated carbocycles. The molecule has 2 N–H and O–H groups in total. The van der Waals surface area contributed by atoms with Gasteiger partial charge in [0, 0.05) is 105 Å². The van der Waals surface area contributed by atoms with E-state index in [1.54, 1.807) is 4.68 Å². The molecule has 3 saturated heterocycles. The van der Waals surface area contributed by atoms with E-state index in [0.717, 1.165) is 68.7 Å². The number of ether oxygens (including phenoxy) is 1. The van der Waals surface area contributed by atoms with E-state index in [9.17, 15) is 36.6 Å². The minimum Gasteiger partial charge on any atom is -0.394 e. The SMILES string of the molecule is CS(=O)(=O)N1CCc2c(c(-c3ccc(C(F)(F)F)c(SCCN4CCO[C@@H](CO)C4)c3)nn2C[C@@H](O)CN2CCC(N3CCCC3=O)CC2)C1. The standard InChI is InChI=1S/C33H47F3N6O6S2/c1-50(46,47)40-12-8-29-27(21-40)32(37-42(29)19-25(44)18-38-10-6-24(7-11-38)41-9-2-3-31(41)45)23-4-5-28(33(34,35)36)30(17-23)49-16-14-39-13-15-48-26(20-39)22-43/h4-5,17,24-26,43-44H,2-3,6-16,18-22H2,1H3/t25-,26+/m0/s1. The van der Waals surface area contributed by atoms with Gasteiger partial charge in [-0.15, -0.1) is 11.8 Å². The third-order valence-electron chi connectivity index (χ3n) is 10.2. The fraction of sp³-hybridized carbons (Fsp3) is 0.697. The zero-order valence-electron chi connectivity index (χ0n) is 28.4. The molecule has 17 heteroatoms. The molecule has 12 nitrogen and oxygen atoms in total. The highest BCUT2D eigenvalue weighted by molar-refractivity contribution is 7.99. The summed E-state index contributed by atoms with van der Waals surface area (Å²) in [6, 6.07) is 4.17. The average molecular weight is 745 g/mol. The number of aromatic nitrogens is 2. The Balaban J connectivity index is 1.20. The average Bonchev–Trinajstić information content (AvgIpc) is 3.67. The highest BCUT2D eigenvalue weighted by Gasteiger charge is 2.36. The van der Waals surface area contributed by atoms with E-state index in [2.05, 4.69) is 9.80 Å². The molecule has 3 fully saturated rings. The number of morpholine rings is 1. The molecule has 4 aliphatic rings. The van der Waals surface area contributed by atoms with Crippen molar-refractivity contribution in [3.63, 3.8) is 0 Å². The number of nitrogens with zero attached hydrogens (tertiary/aromatic N) is 6. The number of piperidine rings is 1. The van der Waals surface area contributed by atoms with Crippen molar-refractivity contribution in [3.05, 3.63) is 35.0 Å². The minimum atomic E-state index is -4.57. The first-order valence-electron chi connectivity index (χ1n) is 17.3. The van der Waals surface area contributed by atoms with E-state index in [1.165, 1.54) is 16.4 Å². The van der Waals surface area contributed by atoms with Crippen LogP contribution in [0.25, 0.3) is 11.3 Å². The molecule has 6 rings (SSSR count). The quantitative estimate of drug-likeness (QED) is 0.312. The maximum Gasteiger partial charge on any atom is 0.417 e. The molecule has 4 aliphatic heterocycles. The van der Waals surface area contributed by atoms with Crippen LogP contribution in [-0.2, 0) is 45.2 Å². The number of carbonyl (C=O) groups is 1. The number of β-amino-alcohol motifs (C(OH)–C–C–N with tert-alkyl or cyclic N) is 1. The van der Waals surface area contributed by atoms with Gasteiger partial charge >= 0.3 is 6.18 Å². The number of benzene rings is 1. The van der Waals surface area contributed by atoms with Crippen molar-refractivity contribution in [2.75, 3.05) is 77.6 Å². The van der Waals surface area contributed by atoms with Crippen LogP contribution in [0.15, 0.2) is 23.1 Å². The monoisotopic (exact) mass is 744 g/mol. The fourth-order valence-electron chi connectivity index (χ4n) is 7.56. The molecule has 2 atom stereocenters. The highest BCUT2D eigenvalue weighted by Crippen LogP contribution is 2.40. The van der Waals surface area contributed by atoms with Crippen LogP contribution in [0.4, 0.5) is 13.2 Å². The van der Waals surface area contributed by atoms with Gasteiger partial charge in [-0.05, 0) is 31.4 Å². The lowest BCUT2D eigenvalue weighted by Crippen LogP contribution is -2.47. The molecule has 2 aromatic rings. The van der Waals surface area contributed by atoms with E-state index in [4.69, 9.17) is 9.84 Å². The number of likely N-dealkylation sites (tertiary alicyclic amines) is 2. The van der Waals surface area contributed by atoms with E-state index in [1.807, 2.05) is 4.90 Å². The van der Waals surface area contributed by atoms with Crippen LogP contribution in [-0.4, -0.2) is 149 Å². The number of rotatable bonds is 12. The van der Waals surface area contributed by atoms with Gasteiger partial charge in [0.2, 0.25) is 15.9 Å². The molecule has 1 aromatic heterocycles. The number of hydrogen-bond acceptors (Lipinski definition) is 10. The van der Waals surface area contributed by atoms with Crippen molar-refractivity contribution in [2.24, 2.45) is 0 Å². The molecule has 1 aromatic carbocycles. The number of alkyl halides is 3. The zero-order chi connectivity index (χ0) is 35.6. The Morgan fingerprint density at radius 1 is 1.08 bits per heavy atom. The van der Waals surface area contributed by atoms with Gasteiger partial charge < -0.3 is 24.7 Å². The number of sulfonamides is 1. The second kappa shape index (κ2) is 15.8. The number of fused-ring (bicyclic) bond motifs is 1. The summed E-state index contributed by atoms with van der Waals surface area (Å²) in [5.74, 6) is 0.609. The zero-order valence-corrected chi connectivity index (χ0v) is 30.0. The normalized spacial score (nSPS) is 22.7. The molecule has 0 aliphatic carbocycles. The summed E-state index contributed by atoms with van der Waals surface area (Å²) in [6.45, 7) is 5.17. The molecule has 50 heavy (non-hydrogen) atoms. The van der Waals surface area contributed by atoms with Crippen molar-refractivity contribution in [1.29, 1.82) is 0 Å². The Labute approximate surface area is 295 Å². The molecule has 1 amide bonds. The van der Waals surface area contributed by atoms with Gasteiger partial charge in [-0.1, -0.05) is 6.07 Å². The van der Waals surface area contributed by atoms with Gasteiger partial charge in [0.15, 0.2) is 0 Å². The Morgan fingerprint density at radius 3 is 2.54 bits per heavy atom. The van der Waals surface area contributed by atoms with Crippen molar-refractivity contribution < 1.29 is 41.3 Å². The second-order valence-corrected chi connectivity index (χ2v) is 16.8. The molecule has 278 valence electrons. The summed E-state index contributed by atoms with van der Waals surface area (Å²) in [5, 5.41) is 25.5. The van der Waals surface area contributed by atoms with Crippen LogP contribution in [0, 0.1) is 0 Å². The lowest BCUT2D eigenvalue weighted by molar-refractivity contribution is -0.139. The number of halogens is 3. The van der Waals surface area contributed by atoms with Gasteiger partial charge in [0.05, 0.1) is 49.5 Å². The number of aliphatic hydroxyl groups excluding tert-OH is 2. The Morgan fingerprint density at radius 2 is 1.86 bits per heavy atom. The van der Waals surface area contributed by atoms with Crippen LogP contribution in [0.2, 0.25) is 0 Å². The number of aliphatic hydroxyl groups is 2. The summed E-state index contributed by atoms with van der Waals surface area (Å²) >= 11 is 1.10. The van der Waals surface area contributed by atoms with Crippen LogP contribution < -0.4 is 0 Å². The van der Waals surface area contributed by atoms with Gasteiger partial charge in [-0.3, -0.25) is 14.4 Å². The van der Waals surface area contributed by atoms with Gasteiger partial charge in [-0.2, -0.15) is 22.6 Å². The number of carbonyl (C=O) groups excluding carboxylic acids is 1. The van der Waals surface area contributed by atoms with E-state index in [-0.39, 0.29) is 49.2 Å². The van der Waals surface area contributed by atoms with Gasteiger partial charge in [0.25, 0.3) is 0 Å². The Bertz CT molecular complexity index is 1620. The molecular formula is C33H47F3N6O6S2. The summed E-state index contributed by atoms with van der Waals surface area (Å²) in [5.41, 5.74) is 1.51. The molecule has 5 heterocycles.